The lowest BCUT2D eigenvalue weighted by Crippen LogP contribution is -2.30. The van der Waals surface area contributed by atoms with E-state index in [1.807, 2.05) is 50.2 Å². The molecule has 0 aliphatic rings. The normalized spacial score (nSPS) is 12.0. The van der Waals surface area contributed by atoms with Crippen molar-refractivity contribution in [3.05, 3.63) is 75.1 Å². The van der Waals surface area contributed by atoms with Gasteiger partial charge in [-0.05, 0) is 48.6 Å². The van der Waals surface area contributed by atoms with Gasteiger partial charge in [0.1, 0.15) is 11.3 Å². The number of amides is 1. The molecule has 1 unspecified atom stereocenters. The van der Waals surface area contributed by atoms with E-state index in [1.165, 1.54) is 0 Å². The lowest BCUT2D eigenvalue weighted by molar-refractivity contribution is -0.120. The van der Waals surface area contributed by atoms with Crippen LogP contribution in [0.2, 0.25) is 0 Å². The fourth-order valence-electron chi connectivity index (χ4n) is 3.39. The Morgan fingerprint density at radius 1 is 1.18 bits per heavy atom. The van der Waals surface area contributed by atoms with Gasteiger partial charge in [-0.25, -0.2) is 4.79 Å². The van der Waals surface area contributed by atoms with E-state index in [9.17, 15) is 9.59 Å². The van der Waals surface area contributed by atoms with E-state index in [0.717, 1.165) is 16.5 Å². The van der Waals surface area contributed by atoms with Gasteiger partial charge < -0.3 is 14.5 Å². The van der Waals surface area contributed by atoms with Gasteiger partial charge in [0, 0.05) is 6.54 Å². The molecule has 0 fully saturated rings. The van der Waals surface area contributed by atoms with Gasteiger partial charge >= 0.3 is 5.63 Å². The minimum atomic E-state index is -0.482. The molecule has 1 heterocycles. The number of fused-ring (bicyclic) bond motifs is 1. The number of nitrogens with one attached hydrogen (secondary N) is 1. The van der Waals surface area contributed by atoms with Gasteiger partial charge in [-0.2, -0.15) is 0 Å². The number of rotatable bonds is 6. The molecule has 0 aliphatic heterocycles. The second kappa shape index (κ2) is 8.30. The number of ether oxygens (including phenoxy) is 1. The van der Waals surface area contributed by atoms with Crippen LogP contribution >= 0.6 is 0 Å². The summed E-state index contributed by atoms with van der Waals surface area (Å²) in [5, 5.41) is 3.65. The highest BCUT2D eigenvalue weighted by Crippen LogP contribution is 2.30. The first-order valence-corrected chi connectivity index (χ1v) is 9.33. The first-order chi connectivity index (χ1) is 13.4. The summed E-state index contributed by atoms with van der Waals surface area (Å²) in [4.78, 5) is 24.9. The molecule has 1 N–H and O–H groups in total. The summed E-state index contributed by atoms with van der Waals surface area (Å²) in [7, 11) is 1.58. The molecular weight excluding hydrogens is 354 g/mol. The predicted octanol–water partition coefficient (Wildman–Crippen LogP) is 3.88. The number of carbonyl (C=O) groups is 1. The smallest absolute Gasteiger partial charge is 0.340 e. The Labute approximate surface area is 164 Å². The molecule has 0 spiro atoms. The van der Waals surface area contributed by atoms with Crippen molar-refractivity contribution < 1.29 is 13.9 Å². The summed E-state index contributed by atoms with van der Waals surface area (Å²) in [5.41, 5.74) is 3.16. The third kappa shape index (κ3) is 4.09. The van der Waals surface area contributed by atoms with Gasteiger partial charge in [0.2, 0.25) is 5.91 Å². The molecule has 28 heavy (non-hydrogen) atoms. The minimum absolute atomic E-state index is 0.0252. The topological polar surface area (TPSA) is 68.5 Å². The average molecular weight is 379 g/mol. The van der Waals surface area contributed by atoms with E-state index in [2.05, 4.69) is 12.2 Å². The second-order valence-electron chi connectivity index (χ2n) is 7.13. The summed E-state index contributed by atoms with van der Waals surface area (Å²) in [6.07, 6.45) is -0.0252. The van der Waals surface area contributed by atoms with Crippen LogP contribution in [0.3, 0.4) is 0 Å². The van der Waals surface area contributed by atoms with Gasteiger partial charge in [0.25, 0.3) is 0 Å². The Bertz CT molecular complexity index is 1050. The molecule has 146 valence electrons. The van der Waals surface area contributed by atoms with Crippen molar-refractivity contribution >= 4 is 16.9 Å². The molecule has 5 nitrogen and oxygen atoms in total. The van der Waals surface area contributed by atoms with Crippen LogP contribution in [0.15, 0.2) is 51.7 Å². The van der Waals surface area contributed by atoms with Gasteiger partial charge in [0.05, 0.1) is 24.5 Å². The quantitative estimate of drug-likeness (QED) is 0.660. The Hall–Kier alpha value is -3.08. The van der Waals surface area contributed by atoms with E-state index < -0.39 is 5.63 Å². The van der Waals surface area contributed by atoms with Crippen LogP contribution in [0, 0.1) is 13.8 Å². The van der Waals surface area contributed by atoms with Crippen LogP contribution in [-0.4, -0.2) is 19.6 Å². The highest BCUT2D eigenvalue weighted by molar-refractivity contribution is 5.89. The van der Waals surface area contributed by atoms with Crippen LogP contribution in [0.5, 0.6) is 5.75 Å². The molecule has 0 radical (unpaired) electrons. The zero-order valence-corrected chi connectivity index (χ0v) is 16.7. The second-order valence-corrected chi connectivity index (χ2v) is 7.13. The molecule has 1 atom stereocenters. The third-order valence-electron chi connectivity index (χ3n) is 5.02. The van der Waals surface area contributed by atoms with Crippen molar-refractivity contribution in [2.24, 2.45) is 0 Å². The van der Waals surface area contributed by atoms with Crippen LogP contribution < -0.4 is 15.7 Å². The lowest BCUT2D eigenvalue weighted by atomic mass is 10.00. The lowest BCUT2D eigenvalue weighted by Gasteiger charge is -2.14. The number of carbonyl (C=O) groups excluding carboxylic acids is 1. The molecule has 1 aromatic heterocycles. The predicted molar refractivity (Wildman–Crippen MR) is 110 cm³/mol. The Morgan fingerprint density at radius 2 is 1.89 bits per heavy atom. The molecule has 2 aromatic carbocycles. The minimum Gasteiger partial charge on any atom is -0.496 e. The van der Waals surface area contributed by atoms with Crippen molar-refractivity contribution in [2.45, 2.75) is 33.1 Å². The maximum Gasteiger partial charge on any atom is 0.340 e. The van der Waals surface area contributed by atoms with Crippen molar-refractivity contribution in [3.8, 4) is 5.75 Å². The molecule has 3 rings (SSSR count). The summed E-state index contributed by atoms with van der Waals surface area (Å²) in [5.74, 6) is 0.613. The van der Waals surface area contributed by atoms with Gasteiger partial charge in [0.15, 0.2) is 0 Å². The van der Waals surface area contributed by atoms with Crippen molar-refractivity contribution in [1.82, 2.24) is 5.32 Å². The number of hydrogen-bond donors (Lipinski definition) is 1. The standard InChI is InChI=1S/C23H25NO4/c1-14-10-19(27-4)22-16(3)18(23(26)28-20(22)11-14)12-21(25)24-13-15(2)17-8-6-5-7-9-17/h5-11,15H,12-13H2,1-4H3,(H,24,25). The fraction of sp³-hybridized carbons (Fsp3) is 0.304. The molecule has 0 bridgehead atoms. The van der Waals surface area contributed by atoms with Crippen molar-refractivity contribution in [3.63, 3.8) is 0 Å². The van der Waals surface area contributed by atoms with Gasteiger partial charge in [-0.1, -0.05) is 37.3 Å². The van der Waals surface area contributed by atoms with Crippen LogP contribution in [0.25, 0.3) is 11.0 Å². The van der Waals surface area contributed by atoms with E-state index in [1.54, 1.807) is 13.2 Å². The van der Waals surface area contributed by atoms with E-state index in [-0.39, 0.29) is 18.2 Å². The van der Waals surface area contributed by atoms with Crippen molar-refractivity contribution in [1.29, 1.82) is 0 Å². The SMILES string of the molecule is COc1cc(C)cc2oc(=O)c(CC(=O)NCC(C)c3ccccc3)c(C)c12. The third-order valence-corrected chi connectivity index (χ3v) is 5.02. The van der Waals surface area contributed by atoms with E-state index >= 15 is 0 Å². The van der Waals surface area contributed by atoms with Crippen molar-refractivity contribution in [2.75, 3.05) is 13.7 Å². The molecule has 0 aliphatic carbocycles. The maximum atomic E-state index is 12.5. The van der Waals surface area contributed by atoms with E-state index in [0.29, 0.717) is 29.0 Å². The molecule has 5 heteroatoms. The number of benzene rings is 2. The zero-order valence-electron chi connectivity index (χ0n) is 16.7. The summed E-state index contributed by atoms with van der Waals surface area (Å²) >= 11 is 0. The average Bonchev–Trinajstić information content (AvgIpc) is 2.69. The first-order valence-electron chi connectivity index (χ1n) is 9.33. The summed E-state index contributed by atoms with van der Waals surface area (Å²) in [6, 6.07) is 13.7. The first kappa shape index (κ1) is 19.7. The molecule has 0 saturated carbocycles. The maximum absolute atomic E-state index is 12.5. The molecule has 1 amide bonds. The van der Waals surface area contributed by atoms with Gasteiger partial charge in [-0.3, -0.25) is 4.79 Å². The summed E-state index contributed by atoms with van der Waals surface area (Å²) in [6.45, 7) is 6.29. The van der Waals surface area contributed by atoms with Crippen LogP contribution in [0.1, 0.15) is 35.1 Å². The highest BCUT2D eigenvalue weighted by Gasteiger charge is 2.18. The number of methoxy groups -OCH3 is 1. The zero-order chi connectivity index (χ0) is 20.3. The number of hydrogen-bond acceptors (Lipinski definition) is 4. The van der Waals surface area contributed by atoms with Gasteiger partial charge in [-0.15, -0.1) is 0 Å². The largest absolute Gasteiger partial charge is 0.496 e. The Morgan fingerprint density at radius 3 is 2.57 bits per heavy atom. The van der Waals surface area contributed by atoms with Crippen LogP contribution in [-0.2, 0) is 11.2 Å². The Balaban J connectivity index is 1.81. The fourth-order valence-corrected chi connectivity index (χ4v) is 3.39. The monoisotopic (exact) mass is 379 g/mol. The highest BCUT2D eigenvalue weighted by atomic mass is 16.5. The Kier molecular flexibility index (Phi) is 5.83. The molecule has 0 saturated heterocycles. The summed E-state index contributed by atoms with van der Waals surface area (Å²) < 4.78 is 10.9. The number of aryl methyl sites for hydroxylation is 2. The van der Waals surface area contributed by atoms with Crippen LogP contribution in [0.4, 0.5) is 0 Å². The molecule has 3 aromatic rings. The molecular formula is C23H25NO4. The van der Waals surface area contributed by atoms with E-state index in [4.69, 9.17) is 9.15 Å².